The fourth-order valence-corrected chi connectivity index (χ4v) is 2.42. The first-order valence-electron chi connectivity index (χ1n) is 7.35. The highest BCUT2D eigenvalue weighted by molar-refractivity contribution is 6.29. The van der Waals surface area contributed by atoms with Gasteiger partial charge in [-0.05, 0) is 35.7 Å². The molecule has 1 heterocycles. The lowest BCUT2D eigenvalue weighted by Crippen LogP contribution is -2.36. The zero-order valence-corrected chi connectivity index (χ0v) is 14.5. The van der Waals surface area contributed by atoms with Crippen LogP contribution in [0.15, 0.2) is 36.5 Å². The Bertz CT molecular complexity index is 727. The molecule has 6 nitrogen and oxygen atoms in total. The molecule has 1 unspecified atom stereocenters. The Morgan fingerprint density at radius 1 is 1.29 bits per heavy atom. The van der Waals surface area contributed by atoms with Gasteiger partial charge < -0.3 is 20.9 Å². The maximum atomic E-state index is 11.1. The van der Waals surface area contributed by atoms with Crippen molar-refractivity contribution in [2.45, 2.75) is 26.8 Å². The Balaban J connectivity index is 2.35. The number of nitrogen functional groups attached to an aromatic ring is 1. The van der Waals surface area contributed by atoms with Gasteiger partial charge >= 0.3 is 6.09 Å². The lowest BCUT2D eigenvalue weighted by Gasteiger charge is -2.32. The van der Waals surface area contributed by atoms with Crippen molar-refractivity contribution in [1.82, 2.24) is 10.3 Å². The van der Waals surface area contributed by atoms with Gasteiger partial charge in [0.25, 0.3) is 0 Å². The van der Waals surface area contributed by atoms with Crippen molar-refractivity contribution in [2.24, 2.45) is 5.41 Å². The molecule has 1 aromatic heterocycles. The monoisotopic (exact) mass is 349 g/mol. The largest absolute Gasteiger partial charge is 0.465 e. The van der Waals surface area contributed by atoms with E-state index in [1.807, 2.05) is 20.8 Å². The van der Waals surface area contributed by atoms with E-state index >= 15 is 0 Å². The van der Waals surface area contributed by atoms with Crippen molar-refractivity contribution < 1.29 is 14.6 Å². The Morgan fingerprint density at radius 2 is 1.96 bits per heavy atom. The number of aromatic nitrogens is 1. The maximum absolute atomic E-state index is 11.1. The Kier molecular flexibility index (Phi) is 5.19. The molecular weight excluding hydrogens is 330 g/mol. The lowest BCUT2D eigenvalue weighted by atomic mass is 9.81. The highest BCUT2D eigenvalue weighted by Crippen LogP contribution is 2.38. The van der Waals surface area contributed by atoms with Crippen molar-refractivity contribution in [3.05, 3.63) is 47.2 Å². The number of rotatable bonds is 4. The van der Waals surface area contributed by atoms with Crippen LogP contribution < -0.4 is 15.8 Å². The van der Waals surface area contributed by atoms with Crippen LogP contribution in [0, 0.1) is 5.41 Å². The van der Waals surface area contributed by atoms with Crippen LogP contribution in [-0.2, 0) is 0 Å². The van der Waals surface area contributed by atoms with Crippen molar-refractivity contribution in [3.8, 4) is 11.5 Å². The van der Waals surface area contributed by atoms with E-state index in [4.69, 9.17) is 27.2 Å². The zero-order valence-electron chi connectivity index (χ0n) is 13.7. The number of amides is 1. The van der Waals surface area contributed by atoms with Gasteiger partial charge in [-0.1, -0.05) is 32.4 Å². The van der Waals surface area contributed by atoms with Gasteiger partial charge in [-0.15, -0.1) is 0 Å². The van der Waals surface area contributed by atoms with Crippen molar-refractivity contribution in [2.75, 3.05) is 5.73 Å². The molecule has 1 atom stereocenters. The minimum absolute atomic E-state index is 0.368. The van der Waals surface area contributed by atoms with Crippen LogP contribution >= 0.6 is 11.6 Å². The van der Waals surface area contributed by atoms with E-state index in [1.165, 1.54) is 6.20 Å². The van der Waals surface area contributed by atoms with Crippen LogP contribution in [0.4, 0.5) is 10.5 Å². The van der Waals surface area contributed by atoms with Gasteiger partial charge in [0.05, 0.1) is 12.2 Å². The average molecular weight is 350 g/mol. The van der Waals surface area contributed by atoms with Gasteiger partial charge in [-0.25, -0.2) is 9.78 Å². The van der Waals surface area contributed by atoms with Gasteiger partial charge in [0, 0.05) is 11.3 Å². The van der Waals surface area contributed by atoms with E-state index in [2.05, 4.69) is 10.3 Å². The molecule has 0 saturated heterocycles. The first-order valence-corrected chi connectivity index (χ1v) is 7.73. The third-order valence-electron chi connectivity index (χ3n) is 3.44. The van der Waals surface area contributed by atoms with Crippen molar-refractivity contribution in [3.63, 3.8) is 0 Å². The van der Waals surface area contributed by atoms with Crippen molar-refractivity contribution >= 4 is 23.4 Å². The van der Waals surface area contributed by atoms with Crippen LogP contribution in [0.5, 0.6) is 11.5 Å². The van der Waals surface area contributed by atoms with Crippen LogP contribution in [0.1, 0.15) is 32.4 Å². The van der Waals surface area contributed by atoms with E-state index in [9.17, 15) is 4.79 Å². The molecule has 2 aromatic rings. The zero-order chi connectivity index (χ0) is 17.9. The lowest BCUT2D eigenvalue weighted by molar-refractivity contribution is 0.175. The summed E-state index contributed by atoms with van der Waals surface area (Å²) in [5.74, 6) is 1.05. The van der Waals surface area contributed by atoms with Gasteiger partial charge in [0.15, 0.2) is 0 Å². The summed E-state index contributed by atoms with van der Waals surface area (Å²) in [7, 11) is 0. The highest BCUT2D eigenvalue weighted by Gasteiger charge is 2.29. The minimum atomic E-state index is -1.11. The highest BCUT2D eigenvalue weighted by atomic mass is 35.5. The molecule has 0 bridgehead atoms. The molecule has 0 radical (unpaired) electrons. The molecule has 2 rings (SSSR count). The van der Waals surface area contributed by atoms with Gasteiger partial charge in [0.1, 0.15) is 16.7 Å². The van der Waals surface area contributed by atoms with Crippen molar-refractivity contribution in [1.29, 1.82) is 0 Å². The van der Waals surface area contributed by atoms with E-state index in [-0.39, 0.29) is 5.41 Å². The predicted octanol–water partition coefficient (Wildman–Crippen LogP) is 4.46. The molecular formula is C17H20ClN3O3. The smallest absolute Gasteiger partial charge is 0.405 e. The molecule has 7 heteroatoms. The van der Waals surface area contributed by atoms with Gasteiger partial charge in [-0.3, -0.25) is 0 Å². The Hall–Kier alpha value is -2.47. The van der Waals surface area contributed by atoms with Crippen LogP contribution in [0.3, 0.4) is 0 Å². The summed E-state index contributed by atoms with van der Waals surface area (Å²) < 4.78 is 5.74. The number of hydrogen-bond donors (Lipinski definition) is 3. The molecule has 4 N–H and O–H groups in total. The van der Waals surface area contributed by atoms with Crippen LogP contribution in [-0.4, -0.2) is 16.2 Å². The summed E-state index contributed by atoms with van der Waals surface area (Å²) in [6.45, 7) is 5.80. The van der Waals surface area contributed by atoms with Crippen LogP contribution in [0.25, 0.3) is 0 Å². The van der Waals surface area contributed by atoms with Gasteiger partial charge in [-0.2, -0.15) is 0 Å². The molecule has 24 heavy (non-hydrogen) atoms. The minimum Gasteiger partial charge on any atom is -0.465 e. The number of hydrogen-bond acceptors (Lipinski definition) is 4. The molecule has 0 aliphatic rings. The Labute approximate surface area is 145 Å². The number of ether oxygens (including phenoxy) is 1. The normalized spacial score (nSPS) is 12.5. The molecule has 0 saturated carbocycles. The standard InChI is InChI=1S/C17H20ClN3O3/c1-17(2,3)15(21-16(22)23)12-8-10(4-6-13(12)19)24-11-5-7-14(18)20-9-11/h4-9,15,21H,19H2,1-3H3,(H,22,23). The molecule has 0 aliphatic carbocycles. The number of pyridine rings is 1. The summed E-state index contributed by atoms with van der Waals surface area (Å²) >= 11 is 5.75. The second kappa shape index (κ2) is 6.97. The second-order valence-electron chi connectivity index (χ2n) is 6.46. The van der Waals surface area contributed by atoms with Crippen LogP contribution in [0.2, 0.25) is 5.15 Å². The number of benzene rings is 1. The number of anilines is 1. The number of halogens is 1. The van der Waals surface area contributed by atoms with Gasteiger partial charge in [0.2, 0.25) is 0 Å². The third kappa shape index (κ3) is 4.52. The number of nitrogens with one attached hydrogen (secondary N) is 1. The predicted molar refractivity (Wildman–Crippen MR) is 93.5 cm³/mol. The summed E-state index contributed by atoms with van der Waals surface area (Å²) in [5.41, 5.74) is 6.84. The maximum Gasteiger partial charge on any atom is 0.405 e. The molecule has 0 spiro atoms. The molecule has 0 fully saturated rings. The fraction of sp³-hybridized carbons (Fsp3) is 0.294. The molecule has 1 amide bonds. The first kappa shape index (κ1) is 17.9. The first-order chi connectivity index (χ1) is 11.2. The third-order valence-corrected chi connectivity index (χ3v) is 3.66. The molecule has 1 aromatic carbocycles. The molecule has 128 valence electrons. The van der Waals surface area contributed by atoms with E-state index in [0.717, 1.165) is 0 Å². The summed E-state index contributed by atoms with van der Waals surface area (Å²) in [4.78, 5) is 15.1. The number of carbonyl (C=O) groups is 1. The quantitative estimate of drug-likeness (QED) is 0.559. The van der Waals surface area contributed by atoms with E-state index in [0.29, 0.717) is 27.9 Å². The number of nitrogens with two attached hydrogens (primary N) is 1. The topological polar surface area (TPSA) is 97.5 Å². The molecule has 0 aliphatic heterocycles. The summed E-state index contributed by atoms with van der Waals surface area (Å²) in [6.07, 6.45) is 0.400. The fourth-order valence-electron chi connectivity index (χ4n) is 2.31. The van der Waals surface area contributed by atoms with E-state index < -0.39 is 12.1 Å². The Morgan fingerprint density at radius 3 is 2.50 bits per heavy atom. The summed E-state index contributed by atoms with van der Waals surface area (Å²) in [5, 5.41) is 12.0. The average Bonchev–Trinajstić information content (AvgIpc) is 2.48. The number of carboxylic acid groups (broad SMARTS) is 1. The number of nitrogens with zero attached hydrogens (tertiary/aromatic N) is 1. The SMILES string of the molecule is CC(C)(C)C(NC(=O)O)c1cc(Oc2ccc(Cl)nc2)ccc1N. The summed E-state index contributed by atoms with van der Waals surface area (Å²) in [6, 6.07) is 7.98. The van der Waals surface area contributed by atoms with E-state index in [1.54, 1.807) is 30.3 Å². The second-order valence-corrected chi connectivity index (χ2v) is 6.85.